The summed E-state index contributed by atoms with van der Waals surface area (Å²) in [6, 6.07) is 14.8. The summed E-state index contributed by atoms with van der Waals surface area (Å²) in [5, 5.41) is 8.81. The number of hydrogen-bond donors (Lipinski definition) is 3. The van der Waals surface area contributed by atoms with E-state index >= 15 is 0 Å². The van der Waals surface area contributed by atoms with Crippen LogP contribution in [0.2, 0.25) is 0 Å². The normalized spacial score (nSPS) is 15.7. The molecule has 25 heavy (non-hydrogen) atoms. The third-order valence-corrected chi connectivity index (χ3v) is 4.28. The first-order valence-electron chi connectivity index (χ1n) is 8.71. The van der Waals surface area contributed by atoms with Crippen molar-refractivity contribution >= 4 is 28.9 Å². The average molecular weight is 337 g/mol. The zero-order valence-corrected chi connectivity index (χ0v) is 14.3. The van der Waals surface area contributed by atoms with Gasteiger partial charge in [0.2, 0.25) is 11.8 Å². The molecule has 0 radical (unpaired) electrons. The van der Waals surface area contributed by atoms with Crippen molar-refractivity contribution in [2.75, 3.05) is 16.0 Å². The zero-order valence-electron chi connectivity index (χ0n) is 14.3. The first kappa shape index (κ1) is 17.0. The smallest absolute Gasteiger partial charge is 0.247 e. The maximum absolute atomic E-state index is 12.3. The fourth-order valence-corrected chi connectivity index (χ4v) is 2.87. The molecule has 2 aromatic carbocycles. The number of carbonyl (C=O) groups excluding carboxylic acids is 2. The van der Waals surface area contributed by atoms with E-state index in [1.165, 1.54) is 5.56 Å². The molecule has 1 aliphatic rings. The molecule has 0 aliphatic carbocycles. The number of aryl methyl sites for hydroxylation is 1. The predicted molar refractivity (Wildman–Crippen MR) is 101 cm³/mol. The quantitative estimate of drug-likeness (QED) is 0.751. The van der Waals surface area contributed by atoms with Crippen molar-refractivity contribution in [1.82, 2.24) is 0 Å². The highest BCUT2D eigenvalue weighted by Crippen LogP contribution is 2.26. The van der Waals surface area contributed by atoms with E-state index in [0.29, 0.717) is 0 Å². The Bertz CT molecular complexity index is 756. The number of carbonyl (C=O) groups is 2. The minimum atomic E-state index is -0.571. The molecule has 1 atom stereocenters. The van der Waals surface area contributed by atoms with Crippen LogP contribution in [0, 0.1) is 0 Å². The Morgan fingerprint density at radius 2 is 1.80 bits per heavy atom. The Labute approximate surface area is 147 Å². The number of para-hydroxylation sites is 2. The number of rotatable bonds is 6. The van der Waals surface area contributed by atoms with Gasteiger partial charge in [-0.15, -0.1) is 0 Å². The van der Waals surface area contributed by atoms with E-state index in [-0.39, 0.29) is 18.2 Å². The van der Waals surface area contributed by atoms with Crippen LogP contribution in [0.4, 0.5) is 17.1 Å². The largest absolute Gasteiger partial charge is 0.372 e. The van der Waals surface area contributed by atoms with E-state index in [1.54, 1.807) is 0 Å². The molecular weight excluding hydrogens is 314 g/mol. The lowest BCUT2D eigenvalue weighted by Crippen LogP contribution is -2.41. The van der Waals surface area contributed by atoms with Gasteiger partial charge in [-0.25, -0.2) is 0 Å². The summed E-state index contributed by atoms with van der Waals surface area (Å²) < 4.78 is 0. The molecule has 5 heteroatoms. The van der Waals surface area contributed by atoms with E-state index in [0.717, 1.165) is 36.3 Å². The predicted octanol–water partition coefficient (Wildman–Crippen LogP) is 3.79. The maximum Gasteiger partial charge on any atom is 0.247 e. The molecule has 0 spiro atoms. The molecule has 1 heterocycles. The topological polar surface area (TPSA) is 70.2 Å². The van der Waals surface area contributed by atoms with Crippen LogP contribution in [0.25, 0.3) is 0 Å². The summed E-state index contributed by atoms with van der Waals surface area (Å²) in [5.74, 6) is -0.378. The van der Waals surface area contributed by atoms with E-state index in [9.17, 15) is 9.59 Å². The van der Waals surface area contributed by atoms with Gasteiger partial charge in [0.1, 0.15) is 6.04 Å². The van der Waals surface area contributed by atoms with Gasteiger partial charge in [0.05, 0.1) is 17.8 Å². The highest BCUT2D eigenvalue weighted by atomic mass is 16.2. The molecule has 0 saturated carbocycles. The Morgan fingerprint density at radius 1 is 1.08 bits per heavy atom. The summed E-state index contributed by atoms with van der Waals surface area (Å²) in [6.07, 6.45) is 3.46. The number of amides is 2. The van der Waals surface area contributed by atoms with Crippen LogP contribution in [-0.4, -0.2) is 17.9 Å². The summed E-state index contributed by atoms with van der Waals surface area (Å²) in [4.78, 5) is 24.4. The fourth-order valence-electron chi connectivity index (χ4n) is 2.87. The van der Waals surface area contributed by atoms with Gasteiger partial charge in [-0.1, -0.05) is 37.6 Å². The van der Waals surface area contributed by atoms with Crippen LogP contribution >= 0.6 is 0 Å². The minimum absolute atomic E-state index is 0.0811. The molecule has 0 bridgehead atoms. The number of unbranched alkanes of at least 4 members (excludes halogenated alkanes) is 1. The summed E-state index contributed by atoms with van der Waals surface area (Å²) in [7, 11) is 0. The second-order valence-electron chi connectivity index (χ2n) is 6.28. The van der Waals surface area contributed by atoms with Gasteiger partial charge in [0, 0.05) is 5.69 Å². The second kappa shape index (κ2) is 7.83. The third kappa shape index (κ3) is 4.38. The molecule has 0 aromatic heterocycles. The van der Waals surface area contributed by atoms with Crippen LogP contribution < -0.4 is 16.0 Å². The summed E-state index contributed by atoms with van der Waals surface area (Å²) in [5.41, 5.74) is 3.60. The second-order valence-corrected chi connectivity index (χ2v) is 6.28. The average Bonchev–Trinajstić information content (AvgIpc) is 2.62. The molecule has 0 unspecified atom stereocenters. The Hall–Kier alpha value is -2.82. The third-order valence-electron chi connectivity index (χ3n) is 4.28. The Morgan fingerprint density at radius 3 is 2.52 bits per heavy atom. The van der Waals surface area contributed by atoms with Crippen molar-refractivity contribution in [2.24, 2.45) is 0 Å². The molecule has 3 rings (SSSR count). The monoisotopic (exact) mass is 337 g/mol. The number of fused-ring (bicyclic) bond motifs is 1. The fraction of sp³-hybridized carbons (Fsp3) is 0.300. The van der Waals surface area contributed by atoms with E-state index < -0.39 is 6.04 Å². The molecule has 5 nitrogen and oxygen atoms in total. The van der Waals surface area contributed by atoms with Crippen molar-refractivity contribution in [3.63, 3.8) is 0 Å². The maximum atomic E-state index is 12.3. The van der Waals surface area contributed by atoms with Gasteiger partial charge < -0.3 is 16.0 Å². The highest BCUT2D eigenvalue weighted by Gasteiger charge is 2.27. The van der Waals surface area contributed by atoms with Gasteiger partial charge in [-0.2, -0.15) is 0 Å². The van der Waals surface area contributed by atoms with Crippen molar-refractivity contribution in [3.8, 4) is 0 Å². The number of hydrogen-bond acceptors (Lipinski definition) is 3. The van der Waals surface area contributed by atoms with Crippen LogP contribution in [0.3, 0.4) is 0 Å². The lowest BCUT2D eigenvalue weighted by atomic mass is 10.1. The summed E-state index contributed by atoms with van der Waals surface area (Å²) >= 11 is 0. The zero-order chi connectivity index (χ0) is 17.6. The molecule has 1 aliphatic heterocycles. The Balaban J connectivity index is 1.56. The lowest BCUT2D eigenvalue weighted by molar-refractivity contribution is -0.122. The molecule has 3 N–H and O–H groups in total. The van der Waals surface area contributed by atoms with Gasteiger partial charge in [0.15, 0.2) is 0 Å². The molecular formula is C20H23N3O2. The summed E-state index contributed by atoms with van der Waals surface area (Å²) in [6.45, 7) is 2.17. The molecule has 0 saturated heterocycles. The minimum Gasteiger partial charge on any atom is -0.372 e. The van der Waals surface area contributed by atoms with Crippen LogP contribution in [0.1, 0.15) is 31.7 Å². The van der Waals surface area contributed by atoms with Crippen molar-refractivity contribution in [2.45, 2.75) is 38.6 Å². The number of anilines is 3. The van der Waals surface area contributed by atoms with Crippen LogP contribution in [0.5, 0.6) is 0 Å². The first-order chi connectivity index (χ1) is 12.2. The molecule has 130 valence electrons. The number of nitrogens with one attached hydrogen (secondary N) is 3. The van der Waals surface area contributed by atoms with Crippen molar-refractivity contribution < 1.29 is 9.59 Å². The van der Waals surface area contributed by atoms with Crippen molar-refractivity contribution in [1.29, 1.82) is 0 Å². The van der Waals surface area contributed by atoms with Gasteiger partial charge in [-0.3, -0.25) is 9.59 Å². The number of benzene rings is 2. The van der Waals surface area contributed by atoms with E-state index in [1.807, 2.05) is 48.5 Å². The van der Waals surface area contributed by atoms with Gasteiger partial charge >= 0.3 is 0 Å². The molecule has 2 amide bonds. The first-order valence-corrected chi connectivity index (χ1v) is 8.71. The lowest BCUT2D eigenvalue weighted by Gasteiger charge is -2.26. The van der Waals surface area contributed by atoms with Gasteiger partial charge in [-0.05, 0) is 42.7 Å². The SMILES string of the molecule is CCCCc1ccc(NC(=O)C[C@H]2Nc3ccccc3NC2=O)cc1. The van der Waals surface area contributed by atoms with E-state index in [2.05, 4.69) is 22.9 Å². The van der Waals surface area contributed by atoms with Crippen molar-refractivity contribution in [3.05, 3.63) is 54.1 Å². The van der Waals surface area contributed by atoms with Crippen LogP contribution in [0.15, 0.2) is 48.5 Å². The Kier molecular flexibility index (Phi) is 5.33. The molecule has 0 fully saturated rings. The van der Waals surface area contributed by atoms with E-state index in [4.69, 9.17) is 0 Å². The highest BCUT2D eigenvalue weighted by molar-refractivity contribution is 6.06. The van der Waals surface area contributed by atoms with Gasteiger partial charge in [0.25, 0.3) is 0 Å². The van der Waals surface area contributed by atoms with Crippen LogP contribution in [-0.2, 0) is 16.0 Å². The standard InChI is InChI=1S/C20H23N3O2/c1-2-3-6-14-9-11-15(12-10-14)21-19(24)13-18-20(25)23-17-8-5-4-7-16(17)22-18/h4-5,7-12,18,22H,2-3,6,13H2,1H3,(H,21,24)(H,23,25)/t18-/m1/s1. The molecule has 2 aromatic rings.